The van der Waals surface area contributed by atoms with Crippen molar-refractivity contribution in [3.8, 4) is 0 Å². The molecule has 2 saturated heterocycles. The minimum absolute atomic E-state index is 0.00750. The average molecular weight is 453 g/mol. The molecule has 4 aliphatic heterocycles. The predicted octanol–water partition coefficient (Wildman–Crippen LogP) is 4.26. The Balaban J connectivity index is 1.58. The minimum Gasteiger partial charge on any atom is -0.464 e. The van der Waals surface area contributed by atoms with Gasteiger partial charge in [-0.1, -0.05) is 18.2 Å². The zero-order valence-corrected chi connectivity index (χ0v) is 19.5. The van der Waals surface area contributed by atoms with Crippen LogP contribution in [0.4, 0.5) is 0 Å². The van der Waals surface area contributed by atoms with E-state index < -0.39 is 11.5 Å². The highest BCUT2D eigenvalue weighted by Crippen LogP contribution is 2.67. The van der Waals surface area contributed by atoms with E-state index in [2.05, 4.69) is 24.8 Å². The molecule has 2 fully saturated rings. The smallest absolute Gasteiger partial charge is 0.232 e. The zero-order valence-electron chi connectivity index (χ0n) is 19.5. The van der Waals surface area contributed by atoms with E-state index in [0.29, 0.717) is 12.8 Å². The predicted molar refractivity (Wildman–Crippen MR) is 126 cm³/mol. The molecule has 5 heterocycles. The van der Waals surface area contributed by atoms with Gasteiger partial charge in [0.15, 0.2) is 0 Å². The normalized spacial score (nSPS) is 32.0. The molecule has 6 heteroatoms. The zero-order chi connectivity index (χ0) is 23.0. The highest BCUT2D eigenvalue weighted by atomic mass is 16.3. The first kappa shape index (κ1) is 22.5. The van der Waals surface area contributed by atoms with Crippen LogP contribution in [0.5, 0.6) is 0 Å². The second-order valence-corrected chi connectivity index (χ2v) is 10.1. The summed E-state index contributed by atoms with van der Waals surface area (Å²) in [7, 11) is 0. The monoisotopic (exact) mass is 452 g/mol. The van der Waals surface area contributed by atoms with Gasteiger partial charge in [-0.25, -0.2) is 0 Å². The summed E-state index contributed by atoms with van der Waals surface area (Å²) in [5.41, 5.74) is 0.423. The number of carbonyl (C=O) groups excluding carboxylic acids is 2. The van der Waals surface area contributed by atoms with Crippen LogP contribution < -0.4 is 0 Å². The van der Waals surface area contributed by atoms with Crippen molar-refractivity contribution < 1.29 is 19.1 Å². The van der Waals surface area contributed by atoms with Gasteiger partial charge in [-0.15, -0.1) is 6.58 Å². The van der Waals surface area contributed by atoms with E-state index in [-0.39, 0.29) is 30.4 Å². The molecule has 0 aromatic carbocycles. The number of hydrogen-bond acceptors (Lipinski definition) is 4. The lowest BCUT2D eigenvalue weighted by Gasteiger charge is -2.44. The lowest BCUT2D eigenvalue weighted by Crippen LogP contribution is -2.53. The maximum absolute atomic E-state index is 14.1. The Morgan fingerprint density at radius 2 is 2.12 bits per heavy atom. The summed E-state index contributed by atoms with van der Waals surface area (Å²) in [6.07, 6.45) is 14.4. The third-order valence-electron chi connectivity index (χ3n) is 8.26. The molecule has 1 N–H and O–H groups in total. The van der Waals surface area contributed by atoms with Crippen molar-refractivity contribution in [1.29, 1.82) is 0 Å². The molecule has 1 spiro atoms. The number of nitrogens with zero attached hydrogens (tertiary/aromatic N) is 2. The van der Waals surface area contributed by atoms with Gasteiger partial charge >= 0.3 is 0 Å². The quantitative estimate of drug-likeness (QED) is 0.535. The fraction of sp³-hybridized carbons (Fsp3) is 0.630. The summed E-state index contributed by atoms with van der Waals surface area (Å²) in [6, 6.07) is 1.40. The molecular weight excluding hydrogens is 416 g/mol. The lowest BCUT2D eigenvalue weighted by atomic mass is 9.67. The highest BCUT2D eigenvalue weighted by molar-refractivity contribution is 5.90. The standard InChI is InChI=1S/C27H36N2O4/c1-2-3-8-12-23(31)29-19(18-30)17-27-22-13-15-28(26(27)32)14-10-7-5-4-6-9-11-20-16-21(22)24(33-20)25(27)29/h2,4,6,16,19,22,25,30H,1,3,5,7-15,17-18H2/b6-4-/t19-,22+,25+,27+/m1/s1. The molecule has 33 heavy (non-hydrogen) atoms. The van der Waals surface area contributed by atoms with Gasteiger partial charge in [0.2, 0.25) is 11.8 Å². The van der Waals surface area contributed by atoms with Crippen LogP contribution >= 0.6 is 0 Å². The van der Waals surface area contributed by atoms with E-state index in [1.165, 1.54) is 0 Å². The Morgan fingerprint density at radius 3 is 2.94 bits per heavy atom. The molecule has 1 aliphatic carbocycles. The lowest BCUT2D eigenvalue weighted by molar-refractivity contribution is -0.151. The van der Waals surface area contributed by atoms with Gasteiger partial charge < -0.3 is 19.3 Å². The first-order chi connectivity index (χ1) is 16.1. The van der Waals surface area contributed by atoms with E-state index >= 15 is 0 Å². The first-order valence-corrected chi connectivity index (χ1v) is 12.7. The van der Waals surface area contributed by atoms with Crippen LogP contribution in [0.3, 0.4) is 0 Å². The number of unbranched alkanes of at least 4 members (excludes halogenated alkanes) is 1. The average Bonchev–Trinajstić information content (AvgIpc) is 3.43. The Morgan fingerprint density at radius 1 is 1.27 bits per heavy atom. The molecular formula is C27H36N2O4. The van der Waals surface area contributed by atoms with Crippen LogP contribution in [0.2, 0.25) is 0 Å². The maximum atomic E-state index is 14.1. The Bertz CT molecular complexity index is 950. The Hall–Kier alpha value is -2.34. The summed E-state index contributed by atoms with van der Waals surface area (Å²) in [5, 5.41) is 10.3. The largest absolute Gasteiger partial charge is 0.464 e. The minimum atomic E-state index is -0.704. The van der Waals surface area contributed by atoms with Crippen LogP contribution in [0.25, 0.3) is 0 Å². The van der Waals surface area contributed by atoms with Gasteiger partial charge in [-0.3, -0.25) is 9.59 Å². The second-order valence-electron chi connectivity index (χ2n) is 10.1. The van der Waals surface area contributed by atoms with Crippen LogP contribution in [0.15, 0.2) is 35.3 Å². The molecule has 0 saturated carbocycles. The Kier molecular flexibility index (Phi) is 6.21. The summed E-state index contributed by atoms with van der Waals surface area (Å²) in [5.74, 6) is 1.96. The summed E-state index contributed by atoms with van der Waals surface area (Å²) in [4.78, 5) is 31.5. The summed E-state index contributed by atoms with van der Waals surface area (Å²) < 4.78 is 6.44. The van der Waals surface area contributed by atoms with Crippen LogP contribution in [-0.4, -0.2) is 52.5 Å². The number of aliphatic hydroxyl groups is 1. The third kappa shape index (κ3) is 3.58. The van der Waals surface area contributed by atoms with Crippen molar-refractivity contribution in [2.24, 2.45) is 5.41 Å². The molecule has 1 aromatic rings. The fourth-order valence-electron chi connectivity index (χ4n) is 6.83. The number of hydrogen-bond donors (Lipinski definition) is 1. The molecule has 1 aromatic heterocycles. The molecule has 178 valence electrons. The molecule has 6 bridgehead atoms. The molecule has 2 amide bonds. The summed E-state index contributed by atoms with van der Waals surface area (Å²) >= 11 is 0. The number of amides is 2. The van der Waals surface area contributed by atoms with Crippen molar-refractivity contribution in [3.05, 3.63) is 48.0 Å². The molecule has 0 radical (unpaired) electrons. The fourth-order valence-corrected chi connectivity index (χ4v) is 6.83. The number of fused-ring (bicyclic) bond motifs is 7. The number of carbonyl (C=O) groups is 2. The maximum Gasteiger partial charge on any atom is 0.232 e. The number of rotatable bonds is 5. The van der Waals surface area contributed by atoms with Crippen LogP contribution in [0, 0.1) is 5.41 Å². The number of furan rings is 1. The van der Waals surface area contributed by atoms with Crippen molar-refractivity contribution in [3.63, 3.8) is 0 Å². The molecule has 4 atom stereocenters. The topological polar surface area (TPSA) is 74.0 Å². The van der Waals surface area contributed by atoms with E-state index in [1.54, 1.807) is 0 Å². The van der Waals surface area contributed by atoms with Crippen molar-refractivity contribution >= 4 is 11.8 Å². The van der Waals surface area contributed by atoms with Crippen LogP contribution in [-0.2, 0) is 16.0 Å². The molecule has 6 rings (SSSR count). The van der Waals surface area contributed by atoms with Crippen LogP contribution in [0.1, 0.15) is 86.8 Å². The van der Waals surface area contributed by atoms with E-state index in [0.717, 1.165) is 81.5 Å². The number of aryl methyl sites for hydroxylation is 1. The molecule has 0 unspecified atom stereocenters. The number of allylic oxidation sites excluding steroid dienone is 3. The van der Waals surface area contributed by atoms with E-state index in [4.69, 9.17) is 4.42 Å². The highest BCUT2D eigenvalue weighted by Gasteiger charge is 2.69. The van der Waals surface area contributed by atoms with Gasteiger partial charge in [0.25, 0.3) is 0 Å². The SMILES string of the molecule is C=CCCCC(=O)N1[C@@H](CO)C[C@@]23C(=O)N4CCCC/C=C\CCc5cc(c(o5)[C@H]12)[C@@H]3CC4. The molecule has 5 aliphatic rings. The Labute approximate surface area is 196 Å². The summed E-state index contributed by atoms with van der Waals surface area (Å²) in [6.45, 7) is 5.15. The van der Waals surface area contributed by atoms with Crippen molar-refractivity contribution in [1.82, 2.24) is 9.80 Å². The van der Waals surface area contributed by atoms with Gasteiger partial charge in [-0.2, -0.15) is 0 Å². The van der Waals surface area contributed by atoms with Gasteiger partial charge in [0.05, 0.1) is 18.1 Å². The van der Waals surface area contributed by atoms with Gasteiger partial charge in [-0.05, 0) is 57.4 Å². The molecule has 6 nitrogen and oxygen atoms in total. The van der Waals surface area contributed by atoms with Crippen molar-refractivity contribution in [2.45, 2.75) is 82.2 Å². The van der Waals surface area contributed by atoms with Crippen molar-refractivity contribution in [2.75, 3.05) is 19.7 Å². The third-order valence-corrected chi connectivity index (χ3v) is 8.26. The number of aliphatic hydroxyl groups excluding tert-OH is 1. The number of likely N-dealkylation sites (tertiary alicyclic amines) is 1. The van der Waals surface area contributed by atoms with Gasteiger partial charge in [0.1, 0.15) is 17.6 Å². The first-order valence-electron chi connectivity index (χ1n) is 12.7. The second kappa shape index (κ2) is 9.13. The number of piperidine rings is 1. The van der Waals surface area contributed by atoms with E-state index in [1.807, 2.05) is 15.9 Å². The van der Waals surface area contributed by atoms with Gasteiger partial charge in [0, 0.05) is 37.4 Å². The van der Waals surface area contributed by atoms with E-state index in [9.17, 15) is 14.7 Å².